The Morgan fingerprint density at radius 3 is 2.16 bits per heavy atom. The van der Waals surface area contributed by atoms with Gasteiger partial charge in [-0.15, -0.1) is 0 Å². The first kappa shape index (κ1) is 41.6. The van der Waals surface area contributed by atoms with Crippen LogP contribution in [0.1, 0.15) is 80.6 Å². The van der Waals surface area contributed by atoms with Crippen molar-refractivity contribution in [3.63, 3.8) is 0 Å². The molecule has 0 amide bonds. The minimum atomic E-state index is -2.18. The van der Waals surface area contributed by atoms with E-state index in [0.29, 0.717) is 31.5 Å². The molecule has 4 N–H and O–H groups in total. The van der Waals surface area contributed by atoms with E-state index in [1.165, 1.54) is 0 Å². The summed E-state index contributed by atoms with van der Waals surface area (Å²) in [5, 5.41) is 6.01. The number of hydrogen-bond acceptors (Lipinski definition) is 9. The fourth-order valence-corrected chi connectivity index (χ4v) is 11.2. The summed E-state index contributed by atoms with van der Waals surface area (Å²) in [6.45, 7) is 27.5. The lowest BCUT2D eigenvalue weighted by Crippen LogP contribution is -2.62. The third kappa shape index (κ3) is 8.78. The van der Waals surface area contributed by atoms with Crippen LogP contribution < -0.4 is 11.1 Å². The van der Waals surface area contributed by atoms with Crippen molar-refractivity contribution in [2.45, 2.75) is 180 Å². The predicted octanol–water partition coefficient (Wildman–Crippen LogP) is 4.61. The number of carbonyl (C=O) groups is 1. The van der Waals surface area contributed by atoms with Gasteiger partial charge in [-0.05, 0) is 118 Å². The minimum Gasteiger partial charge on any atom is -0.459 e. The van der Waals surface area contributed by atoms with Gasteiger partial charge in [-0.25, -0.2) is 0 Å². The molecule has 0 aromatic rings. The number of esters is 1. The Labute approximate surface area is 304 Å². The summed E-state index contributed by atoms with van der Waals surface area (Å²) in [6.07, 6.45) is 2.47. The summed E-state index contributed by atoms with van der Waals surface area (Å²) in [7, 11) is -0.0423. The average molecular weight is 741 g/mol. The van der Waals surface area contributed by atoms with Gasteiger partial charge in [0.05, 0.1) is 36.3 Å². The van der Waals surface area contributed by atoms with E-state index >= 15 is 0 Å². The first-order valence-corrected chi connectivity index (χ1v) is 25.7. The van der Waals surface area contributed by atoms with E-state index in [4.69, 9.17) is 43.7 Å². The smallest absolute Gasteiger partial charge is 0.311 e. The monoisotopic (exact) mass is 740 g/mol. The molecule has 11 nitrogen and oxygen atoms in total. The summed E-state index contributed by atoms with van der Waals surface area (Å²) in [4.78, 5) is 16.4. The number of fused-ring (bicyclic) bond motifs is 2. The van der Waals surface area contributed by atoms with Crippen LogP contribution >= 0.6 is 0 Å². The SMILES string of the molecule is CC[C@H]1OC(=O)[C@H](C)[C@@H](O[Si](C)(C)C)[C@H](C)[C@@H](OC2O[C@H](C)C[C@H](N(C)C)[C@@H]2O[Si](C)(C)C)[C@@]2(C)C[C@@H](C)C3(OC1(C)C=C3CCC(N)=[NH2+])O2. The Morgan fingerprint density at radius 2 is 1.62 bits per heavy atom. The number of carbonyl (C=O) groups excluding carboxylic acids is 1. The van der Waals surface area contributed by atoms with E-state index in [-0.39, 0.29) is 36.1 Å². The van der Waals surface area contributed by atoms with E-state index in [2.05, 4.69) is 92.0 Å². The van der Waals surface area contributed by atoms with Crippen molar-refractivity contribution in [2.75, 3.05) is 14.1 Å². The van der Waals surface area contributed by atoms with E-state index in [1.54, 1.807) is 0 Å². The van der Waals surface area contributed by atoms with Crippen molar-refractivity contribution in [3.05, 3.63) is 11.6 Å². The highest BCUT2D eigenvalue weighted by Gasteiger charge is 2.65. The van der Waals surface area contributed by atoms with Gasteiger partial charge in [0.15, 0.2) is 28.7 Å². The Hall–Kier alpha value is -1.17. The fraction of sp³-hybridized carbons (Fsp3) is 0.892. The Morgan fingerprint density at radius 1 is 1.02 bits per heavy atom. The molecule has 4 aliphatic rings. The van der Waals surface area contributed by atoms with Crippen molar-refractivity contribution in [1.29, 1.82) is 0 Å². The van der Waals surface area contributed by atoms with E-state index in [0.717, 1.165) is 12.0 Å². The van der Waals surface area contributed by atoms with Gasteiger partial charge in [0.2, 0.25) is 5.84 Å². The third-order valence-electron chi connectivity index (χ3n) is 10.9. The standard InChI is InChI=1S/C37H69N3O8Si2/c1-16-28-35(6)21-26(17-18-29(38)39)37(47-35)22(2)20-36(7,48-37)32(24(4)30(45-49(10,11)12)25(5)33(41)43-28)44-34-31(46-50(13,14)15)27(40(8)9)19-23(3)42-34/h21-25,27-28,30-32,34H,16-20H2,1-15H3,(H3,38,39)/p+1/t22-,23-,24+,25-,27+,28-,30+,31+,32-,34?,35?,36-,37?/m1/s1. The van der Waals surface area contributed by atoms with Crippen molar-refractivity contribution >= 4 is 28.4 Å². The Bertz CT molecular complexity index is 1270. The zero-order valence-electron chi connectivity index (χ0n) is 33.8. The molecule has 0 radical (unpaired) electrons. The van der Waals surface area contributed by atoms with Gasteiger partial charge in [0, 0.05) is 17.9 Å². The molecular weight excluding hydrogens is 671 g/mol. The lowest BCUT2D eigenvalue weighted by atomic mass is 9.78. The van der Waals surface area contributed by atoms with Crippen molar-refractivity contribution in [1.82, 2.24) is 4.90 Å². The first-order valence-electron chi connectivity index (χ1n) is 18.9. The van der Waals surface area contributed by atoms with Crippen LogP contribution in [0.3, 0.4) is 0 Å². The summed E-state index contributed by atoms with van der Waals surface area (Å²) in [6, 6.07) is 0.0832. The van der Waals surface area contributed by atoms with Crippen LogP contribution in [0.15, 0.2) is 11.6 Å². The largest absolute Gasteiger partial charge is 0.459 e. The number of nitrogens with zero attached hydrogens (tertiary/aromatic N) is 1. The number of rotatable bonds is 11. The quantitative estimate of drug-likeness (QED) is 0.102. The van der Waals surface area contributed by atoms with Crippen LogP contribution in [0.4, 0.5) is 0 Å². The van der Waals surface area contributed by atoms with Crippen LogP contribution in [-0.4, -0.2) is 107 Å². The van der Waals surface area contributed by atoms with Gasteiger partial charge >= 0.3 is 5.97 Å². The molecule has 0 aromatic carbocycles. The Kier molecular flexibility index (Phi) is 12.4. The number of nitrogens with two attached hydrogens (primary N) is 2. The second kappa shape index (κ2) is 14.9. The molecule has 13 atom stereocenters. The first-order chi connectivity index (χ1) is 22.8. The van der Waals surface area contributed by atoms with Gasteiger partial charge in [0.25, 0.3) is 0 Å². The lowest BCUT2D eigenvalue weighted by molar-refractivity contribution is -0.326. The third-order valence-corrected chi connectivity index (χ3v) is 12.9. The van der Waals surface area contributed by atoms with E-state index < -0.39 is 64.1 Å². The predicted molar refractivity (Wildman–Crippen MR) is 200 cm³/mol. The topological polar surface area (TPSA) is 137 Å². The molecule has 1 spiro atoms. The van der Waals surface area contributed by atoms with Crippen LogP contribution in [0.5, 0.6) is 0 Å². The highest BCUT2D eigenvalue weighted by molar-refractivity contribution is 6.70. The van der Waals surface area contributed by atoms with Crippen LogP contribution in [0.25, 0.3) is 0 Å². The second-order valence-electron chi connectivity index (χ2n) is 18.2. The lowest BCUT2D eigenvalue weighted by Gasteiger charge is -2.50. The van der Waals surface area contributed by atoms with Crippen LogP contribution in [0, 0.1) is 17.8 Å². The number of ether oxygens (including phenoxy) is 5. The number of hydrogen-bond donors (Lipinski definition) is 2. The summed E-state index contributed by atoms with van der Waals surface area (Å²) < 4.78 is 48.9. The molecular formula is C37H70N3O8Si2+. The van der Waals surface area contributed by atoms with Gasteiger partial charge in [-0.2, -0.15) is 0 Å². The molecule has 0 saturated carbocycles. The second-order valence-corrected chi connectivity index (χ2v) is 27.1. The van der Waals surface area contributed by atoms with Crippen LogP contribution in [0.2, 0.25) is 39.3 Å². The van der Waals surface area contributed by atoms with Gasteiger partial charge < -0.3 is 37.4 Å². The van der Waals surface area contributed by atoms with Crippen molar-refractivity contribution in [2.24, 2.45) is 23.5 Å². The molecule has 4 rings (SSSR count). The molecule has 0 aliphatic carbocycles. The molecule has 3 saturated heterocycles. The zero-order chi connectivity index (χ0) is 37.8. The molecule has 3 bridgehead atoms. The Balaban J connectivity index is 1.91. The molecule has 288 valence electrons. The normalized spacial score (nSPS) is 42.9. The molecule has 4 heterocycles. The van der Waals surface area contributed by atoms with Gasteiger partial charge in [0.1, 0.15) is 17.8 Å². The maximum Gasteiger partial charge on any atom is 0.311 e. The number of amidine groups is 1. The molecule has 4 aliphatic heterocycles. The zero-order valence-corrected chi connectivity index (χ0v) is 35.8. The highest BCUT2D eigenvalue weighted by Crippen LogP contribution is 2.57. The maximum absolute atomic E-state index is 14.2. The average Bonchev–Trinajstić information content (AvgIpc) is 3.41. The maximum atomic E-state index is 14.2. The fourth-order valence-electron chi connectivity index (χ4n) is 8.84. The highest BCUT2D eigenvalue weighted by atomic mass is 28.4. The van der Waals surface area contributed by atoms with Gasteiger partial charge in [-0.3, -0.25) is 15.9 Å². The van der Waals surface area contributed by atoms with Crippen molar-refractivity contribution < 1.29 is 42.7 Å². The molecule has 3 unspecified atom stereocenters. The van der Waals surface area contributed by atoms with Crippen LogP contribution in [-0.2, 0) is 37.3 Å². The summed E-state index contributed by atoms with van der Waals surface area (Å²) >= 11 is 0. The number of likely N-dealkylation sites (N-methyl/N-ethyl adjacent to an activating group) is 1. The number of cyclic esters (lactones) is 1. The minimum absolute atomic E-state index is 0.0571. The van der Waals surface area contributed by atoms with E-state index in [1.807, 2.05) is 20.8 Å². The summed E-state index contributed by atoms with van der Waals surface area (Å²) in [5.41, 5.74) is 5.17. The molecule has 0 aromatic heterocycles. The molecule has 50 heavy (non-hydrogen) atoms. The summed E-state index contributed by atoms with van der Waals surface area (Å²) in [5.74, 6) is -2.03. The van der Waals surface area contributed by atoms with Crippen molar-refractivity contribution in [3.8, 4) is 0 Å². The molecule has 13 heteroatoms. The van der Waals surface area contributed by atoms with E-state index in [9.17, 15) is 4.79 Å². The molecule has 3 fully saturated rings. The van der Waals surface area contributed by atoms with Gasteiger partial charge in [-0.1, -0.05) is 20.8 Å².